The number of ether oxygens (including phenoxy) is 5. The van der Waals surface area contributed by atoms with E-state index in [0.717, 1.165) is 0 Å². The molecule has 2 aliphatic heterocycles. The van der Waals surface area contributed by atoms with Gasteiger partial charge in [0.2, 0.25) is 6.29 Å². The number of hydrogen-bond donors (Lipinski definition) is 5. The number of ketones is 1. The zero-order valence-corrected chi connectivity index (χ0v) is 18.5. The van der Waals surface area contributed by atoms with Crippen LogP contribution in [0.5, 0.6) is 28.7 Å². The number of aliphatic hydroxyl groups is 4. The van der Waals surface area contributed by atoms with Gasteiger partial charge in [-0.05, 0) is 17.7 Å². The van der Waals surface area contributed by atoms with Crippen molar-refractivity contribution in [3.05, 3.63) is 41.5 Å². The number of benzene rings is 2. The molecule has 2 aromatic rings. The summed E-state index contributed by atoms with van der Waals surface area (Å²) in [6.45, 7) is -0.626. The lowest BCUT2D eigenvalue weighted by atomic mass is 9.95. The molecule has 1 saturated heterocycles. The molecule has 184 valence electrons. The molecule has 0 radical (unpaired) electrons. The lowest BCUT2D eigenvalue weighted by Gasteiger charge is -2.40. The summed E-state index contributed by atoms with van der Waals surface area (Å²) in [7, 11) is 2.83. The molecule has 2 aliphatic rings. The van der Waals surface area contributed by atoms with Crippen LogP contribution in [0.4, 0.5) is 0 Å². The average Bonchev–Trinajstić information content (AvgIpc) is 2.83. The minimum absolute atomic E-state index is 0.0280. The number of Topliss-reactive ketones (excluding diaryl/α,β-unsaturated/α-hetero) is 1. The summed E-state index contributed by atoms with van der Waals surface area (Å²) in [6, 6.07) is 7.59. The van der Waals surface area contributed by atoms with Crippen LogP contribution in [-0.4, -0.2) is 82.8 Å². The Morgan fingerprint density at radius 2 is 1.76 bits per heavy atom. The third-order valence-corrected chi connectivity index (χ3v) is 5.86. The molecular formula is C23H26O11. The summed E-state index contributed by atoms with van der Waals surface area (Å²) in [5, 5.41) is 49.8. The van der Waals surface area contributed by atoms with Gasteiger partial charge in [0, 0.05) is 12.1 Å². The molecule has 11 nitrogen and oxygen atoms in total. The Labute approximate surface area is 194 Å². The van der Waals surface area contributed by atoms with Gasteiger partial charge in [-0.1, -0.05) is 6.07 Å². The van der Waals surface area contributed by atoms with E-state index in [-0.39, 0.29) is 46.5 Å². The van der Waals surface area contributed by atoms with Gasteiger partial charge in [-0.15, -0.1) is 0 Å². The second-order valence-electron chi connectivity index (χ2n) is 7.98. The third-order valence-electron chi connectivity index (χ3n) is 5.86. The Kier molecular flexibility index (Phi) is 6.82. The summed E-state index contributed by atoms with van der Waals surface area (Å²) < 4.78 is 27.5. The highest BCUT2D eigenvalue weighted by molar-refractivity contribution is 6.03. The normalized spacial score (nSPS) is 28.6. The van der Waals surface area contributed by atoms with E-state index in [0.29, 0.717) is 5.56 Å². The van der Waals surface area contributed by atoms with Crippen LogP contribution in [0, 0.1) is 0 Å². The third kappa shape index (κ3) is 4.36. The number of rotatable bonds is 6. The zero-order valence-electron chi connectivity index (χ0n) is 18.5. The average molecular weight is 478 g/mol. The highest BCUT2D eigenvalue weighted by Gasteiger charge is 2.45. The van der Waals surface area contributed by atoms with Gasteiger partial charge in [0.05, 0.1) is 27.2 Å². The van der Waals surface area contributed by atoms with Crippen LogP contribution in [0.25, 0.3) is 0 Å². The van der Waals surface area contributed by atoms with Crippen LogP contribution < -0.4 is 18.9 Å². The molecule has 0 spiro atoms. The van der Waals surface area contributed by atoms with Gasteiger partial charge >= 0.3 is 0 Å². The quantitative estimate of drug-likeness (QED) is 0.388. The van der Waals surface area contributed by atoms with Crippen molar-refractivity contribution >= 4 is 5.78 Å². The van der Waals surface area contributed by atoms with Crippen molar-refractivity contribution in [1.82, 2.24) is 0 Å². The van der Waals surface area contributed by atoms with Crippen molar-refractivity contribution < 1.29 is 54.0 Å². The second-order valence-corrected chi connectivity index (χ2v) is 7.98. The van der Waals surface area contributed by atoms with Crippen LogP contribution in [0.2, 0.25) is 0 Å². The number of aromatic hydroxyl groups is 1. The first kappa shape index (κ1) is 24.0. The van der Waals surface area contributed by atoms with E-state index in [1.807, 2.05) is 0 Å². The first-order chi connectivity index (χ1) is 16.3. The Morgan fingerprint density at radius 1 is 1.00 bits per heavy atom. The molecule has 11 heteroatoms. The van der Waals surface area contributed by atoms with Crippen LogP contribution in [0.3, 0.4) is 0 Å². The molecular weight excluding hydrogens is 452 g/mol. The van der Waals surface area contributed by atoms with Crippen molar-refractivity contribution in [1.29, 1.82) is 0 Å². The van der Waals surface area contributed by atoms with E-state index in [4.69, 9.17) is 23.7 Å². The summed E-state index contributed by atoms with van der Waals surface area (Å²) in [5.74, 6) is 0.241. The molecule has 34 heavy (non-hydrogen) atoms. The van der Waals surface area contributed by atoms with Gasteiger partial charge < -0.3 is 49.2 Å². The zero-order chi connectivity index (χ0) is 24.6. The molecule has 0 saturated carbocycles. The van der Waals surface area contributed by atoms with Crippen molar-refractivity contribution in [2.45, 2.75) is 43.2 Å². The van der Waals surface area contributed by atoms with Gasteiger partial charge in [0.25, 0.3) is 0 Å². The fraction of sp³-hybridized carbons (Fsp3) is 0.435. The molecule has 2 heterocycles. The van der Waals surface area contributed by atoms with Crippen molar-refractivity contribution in [2.24, 2.45) is 0 Å². The van der Waals surface area contributed by atoms with Crippen LogP contribution in [0.15, 0.2) is 30.3 Å². The van der Waals surface area contributed by atoms with E-state index in [1.54, 1.807) is 12.1 Å². The van der Waals surface area contributed by atoms with E-state index in [9.17, 15) is 30.3 Å². The summed E-state index contributed by atoms with van der Waals surface area (Å²) in [4.78, 5) is 13.1. The SMILES string of the molecule is COc1cc(O[C@@H]2O[C@@H](CO)[C@@H](O)[C@@H](O)[C@H]2O)c2c(c1)O[C@@H](c1ccc(OC)c(O)c1)CC2=O. The fourth-order valence-corrected chi connectivity index (χ4v) is 3.99. The van der Waals surface area contributed by atoms with E-state index in [2.05, 4.69) is 0 Å². The number of methoxy groups -OCH3 is 2. The first-order valence-corrected chi connectivity index (χ1v) is 10.5. The van der Waals surface area contributed by atoms with E-state index in [1.165, 1.54) is 32.4 Å². The predicted octanol–water partition coefficient (Wildman–Crippen LogP) is 0.295. The Bertz CT molecular complexity index is 1050. The maximum Gasteiger partial charge on any atom is 0.229 e. The van der Waals surface area contributed by atoms with Crippen LogP contribution in [-0.2, 0) is 4.74 Å². The van der Waals surface area contributed by atoms with Crippen LogP contribution in [0.1, 0.15) is 28.4 Å². The number of phenols is 1. The summed E-state index contributed by atoms with van der Waals surface area (Å²) in [5.41, 5.74) is 0.628. The maximum absolute atomic E-state index is 13.1. The molecule has 1 fully saturated rings. The summed E-state index contributed by atoms with van der Waals surface area (Å²) >= 11 is 0. The van der Waals surface area contributed by atoms with Crippen LogP contribution >= 0.6 is 0 Å². The lowest BCUT2D eigenvalue weighted by molar-refractivity contribution is -0.277. The first-order valence-electron chi connectivity index (χ1n) is 10.5. The van der Waals surface area contributed by atoms with Gasteiger partial charge in [0.15, 0.2) is 17.3 Å². The molecule has 5 N–H and O–H groups in total. The molecule has 2 aromatic carbocycles. The van der Waals surface area contributed by atoms with E-state index >= 15 is 0 Å². The van der Waals surface area contributed by atoms with Gasteiger partial charge in [0.1, 0.15) is 53.3 Å². The molecule has 6 atom stereocenters. The highest BCUT2D eigenvalue weighted by Crippen LogP contribution is 2.44. The second kappa shape index (κ2) is 9.65. The monoisotopic (exact) mass is 478 g/mol. The molecule has 4 rings (SSSR count). The number of carbonyl (C=O) groups excluding carboxylic acids is 1. The Morgan fingerprint density at radius 3 is 2.41 bits per heavy atom. The smallest absolute Gasteiger partial charge is 0.229 e. The molecule has 0 aliphatic carbocycles. The largest absolute Gasteiger partial charge is 0.504 e. The molecule has 0 unspecified atom stereocenters. The molecule has 0 aromatic heterocycles. The number of aliphatic hydroxyl groups excluding tert-OH is 4. The number of hydrogen-bond acceptors (Lipinski definition) is 11. The number of carbonyl (C=O) groups is 1. The lowest BCUT2D eigenvalue weighted by Crippen LogP contribution is -2.60. The Hall–Kier alpha value is -3.09. The van der Waals surface area contributed by atoms with Gasteiger partial charge in [-0.2, -0.15) is 0 Å². The van der Waals surface area contributed by atoms with Crippen molar-refractivity contribution in [3.63, 3.8) is 0 Å². The summed E-state index contributed by atoms with van der Waals surface area (Å²) in [6.07, 6.45) is -8.30. The van der Waals surface area contributed by atoms with E-state index < -0.39 is 43.4 Å². The molecule has 0 bridgehead atoms. The van der Waals surface area contributed by atoms with Crippen molar-refractivity contribution in [3.8, 4) is 28.7 Å². The van der Waals surface area contributed by atoms with Gasteiger partial charge in [-0.3, -0.25) is 4.79 Å². The fourth-order valence-electron chi connectivity index (χ4n) is 3.99. The number of fused-ring (bicyclic) bond motifs is 1. The minimum atomic E-state index is -1.66. The van der Waals surface area contributed by atoms with Gasteiger partial charge in [-0.25, -0.2) is 0 Å². The highest BCUT2D eigenvalue weighted by atomic mass is 16.7. The topological polar surface area (TPSA) is 164 Å². The Balaban J connectivity index is 1.65. The standard InChI is InChI=1S/C23H26O11/c1-30-11-6-16-19(13(26)8-15(32-16)10-3-4-14(31-2)12(25)5-10)17(7-11)33-23-22(29)21(28)20(27)18(9-24)34-23/h3-7,15,18,20-25,27-29H,8-9H2,1-2H3/t15-,18+,20-,21-,22-,23-/m1/s1. The van der Waals surface area contributed by atoms with Crippen molar-refractivity contribution in [2.75, 3.05) is 20.8 Å². The maximum atomic E-state index is 13.1. The molecule has 0 amide bonds. The number of phenolic OH excluding ortho intramolecular Hbond substituents is 1. The minimum Gasteiger partial charge on any atom is -0.504 e. The predicted molar refractivity (Wildman–Crippen MR) is 114 cm³/mol.